The number of carboxylic acids is 1. The molecule has 1 aromatic rings. The Morgan fingerprint density at radius 3 is 2.00 bits per heavy atom. The molecule has 0 radical (unpaired) electrons. The molecule has 4 nitrogen and oxygen atoms in total. The molecule has 0 aromatic heterocycles. The zero-order valence-electron chi connectivity index (χ0n) is 9.40. The number of ether oxygens (including phenoxy) is 2. The van der Waals surface area contributed by atoms with Crippen LogP contribution in [0.5, 0.6) is 11.5 Å². The third kappa shape index (κ3) is 2.44. The molecule has 1 rings (SSSR count). The van der Waals surface area contributed by atoms with Gasteiger partial charge in [0, 0.05) is 0 Å². The van der Waals surface area contributed by atoms with Crippen molar-refractivity contribution in [2.24, 2.45) is 0 Å². The van der Waals surface area contributed by atoms with Crippen LogP contribution in [0.1, 0.15) is 11.8 Å². The van der Waals surface area contributed by atoms with Gasteiger partial charge in [-0.3, -0.25) is 0 Å². The first-order chi connectivity index (χ1) is 6.20. The molecule has 1 aromatic carbocycles. The molecule has 0 heterocycles. The van der Waals surface area contributed by atoms with Crippen LogP contribution in [0.2, 0.25) is 0 Å². The number of carboxylic acid groups (broad SMARTS) is 1. The minimum Gasteiger partial charge on any atom is -1.00 e. The summed E-state index contributed by atoms with van der Waals surface area (Å²) in [5, 5.41) is 8.85. The van der Waals surface area contributed by atoms with Gasteiger partial charge in [-0.2, -0.15) is 0 Å². The summed E-state index contributed by atoms with van der Waals surface area (Å²) in [7, 11) is 2.84. The van der Waals surface area contributed by atoms with Crippen molar-refractivity contribution in [3.8, 4) is 11.5 Å². The number of hydrogen-bond acceptors (Lipinski definition) is 3. The molecular weight excluding hydrogens is 179 g/mol. The van der Waals surface area contributed by atoms with Crippen LogP contribution >= 0.6 is 0 Å². The van der Waals surface area contributed by atoms with Crippen molar-refractivity contribution < 1.29 is 39.7 Å². The van der Waals surface area contributed by atoms with Crippen LogP contribution in [0.15, 0.2) is 18.2 Å². The standard InChI is InChI=1S/C9H10O4.Li.H/c1-12-6-4-3-5-7(13-2)8(6)9(10)11;;/h3-5H,1-2H3,(H,10,11);;/q;+1;-1. The second-order valence-corrected chi connectivity index (χ2v) is 2.34. The average Bonchev–Trinajstić information content (AvgIpc) is 2.16. The Hall–Kier alpha value is -1.11. The molecule has 14 heavy (non-hydrogen) atoms. The van der Waals surface area contributed by atoms with Gasteiger partial charge in [0.1, 0.15) is 17.1 Å². The van der Waals surface area contributed by atoms with Crippen molar-refractivity contribution in [1.29, 1.82) is 0 Å². The molecule has 0 bridgehead atoms. The van der Waals surface area contributed by atoms with Gasteiger partial charge in [0.15, 0.2) is 0 Å². The zero-order chi connectivity index (χ0) is 9.84. The van der Waals surface area contributed by atoms with Gasteiger partial charge in [-0.05, 0) is 12.1 Å². The summed E-state index contributed by atoms with van der Waals surface area (Å²) in [4.78, 5) is 10.8. The maximum absolute atomic E-state index is 10.8. The van der Waals surface area contributed by atoms with Gasteiger partial charge in [0.05, 0.1) is 14.2 Å². The molecule has 0 saturated heterocycles. The molecule has 72 valence electrons. The molecule has 0 unspecified atom stereocenters. The Balaban J connectivity index is 0. The summed E-state index contributed by atoms with van der Waals surface area (Å²) in [5.41, 5.74) is 0.0486. The molecule has 0 atom stereocenters. The Kier molecular flexibility index (Phi) is 5.14. The van der Waals surface area contributed by atoms with E-state index in [0.717, 1.165) is 0 Å². The molecule has 0 aliphatic carbocycles. The molecule has 5 heteroatoms. The molecule has 0 fully saturated rings. The summed E-state index contributed by atoms with van der Waals surface area (Å²) >= 11 is 0. The third-order valence-corrected chi connectivity index (χ3v) is 1.64. The van der Waals surface area contributed by atoms with E-state index in [1.165, 1.54) is 14.2 Å². The molecule has 0 amide bonds. The normalized spacial score (nSPS) is 8.71. The van der Waals surface area contributed by atoms with Crippen molar-refractivity contribution in [3.63, 3.8) is 0 Å². The summed E-state index contributed by atoms with van der Waals surface area (Å²) in [6.07, 6.45) is 0. The third-order valence-electron chi connectivity index (χ3n) is 1.64. The van der Waals surface area contributed by atoms with Gasteiger partial charge < -0.3 is 16.0 Å². The first kappa shape index (κ1) is 12.9. The first-order valence-electron chi connectivity index (χ1n) is 3.65. The van der Waals surface area contributed by atoms with E-state index in [2.05, 4.69) is 0 Å². The predicted molar refractivity (Wildman–Crippen MR) is 47.6 cm³/mol. The van der Waals surface area contributed by atoms with Crippen LogP contribution < -0.4 is 28.3 Å². The number of rotatable bonds is 3. The quantitative estimate of drug-likeness (QED) is 0.590. The van der Waals surface area contributed by atoms with Crippen molar-refractivity contribution >= 4 is 5.97 Å². The monoisotopic (exact) mass is 190 g/mol. The Morgan fingerprint density at radius 1 is 1.29 bits per heavy atom. The Labute approximate surface area is 95.5 Å². The average molecular weight is 190 g/mol. The topological polar surface area (TPSA) is 55.8 Å². The summed E-state index contributed by atoms with van der Waals surface area (Å²) in [5.74, 6) is -0.465. The van der Waals surface area contributed by atoms with Crippen LogP contribution in [0.3, 0.4) is 0 Å². The number of methoxy groups -OCH3 is 2. The van der Waals surface area contributed by atoms with Crippen LogP contribution in [0.25, 0.3) is 0 Å². The van der Waals surface area contributed by atoms with Gasteiger partial charge >= 0.3 is 24.8 Å². The van der Waals surface area contributed by atoms with Gasteiger partial charge in [0.2, 0.25) is 0 Å². The SMILES string of the molecule is COc1cccc(OC)c1C(=O)O.[H-].[Li+]. The van der Waals surface area contributed by atoms with Crippen LogP contribution in [0.4, 0.5) is 0 Å². The smallest absolute Gasteiger partial charge is 1.00 e. The Morgan fingerprint density at radius 2 is 1.71 bits per heavy atom. The molecule has 0 aliphatic heterocycles. The minimum atomic E-state index is -1.06. The predicted octanol–water partition coefficient (Wildman–Crippen LogP) is -1.48. The number of benzene rings is 1. The number of carbonyl (C=O) groups is 1. The zero-order valence-corrected chi connectivity index (χ0v) is 8.40. The van der Waals surface area contributed by atoms with E-state index in [1.807, 2.05) is 0 Å². The largest absolute Gasteiger partial charge is 1.00 e. The Bertz CT molecular complexity index is 308. The van der Waals surface area contributed by atoms with E-state index in [4.69, 9.17) is 14.6 Å². The number of hydrogen-bond donors (Lipinski definition) is 1. The van der Waals surface area contributed by atoms with E-state index in [9.17, 15) is 4.79 Å². The van der Waals surface area contributed by atoms with Gasteiger partial charge in [0.25, 0.3) is 0 Å². The second kappa shape index (κ2) is 5.58. The molecular formula is C9H11LiO4. The maximum Gasteiger partial charge on any atom is 1.00 e. The summed E-state index contributed by atoms with van der Waals surface area (Å²) < 4.78 is 9.78. The summed E-state index contributed by atoms with van der Waals surface area (Å²) in [6, 6.07) is 4.82. The van der Waals surface area contributed by atoms with Crippen molar-refractivity contribution in [2.75, 3.05) is 14.2 Å². The van der Waals surface area contributed by atoms with Crippen molar-refractivity contribution in [3.05, 3.63) is 23.8 Å². The van der Waals surface area contributed by atoms with E-state index in [1.54, 1.807) is 18.2 Å². The minimum absolute atomic E-state index is 0. The summed E-state index contributed by atoms with van der Waals surface area (Å²) in [6.45, 7) is 0. The fourth-order valence-electron chi connectivity index (χ4n) is 1.06. The molecule has 1 N–H and O–H groups in total. The van der Waals surface area contributed by atoms with Gasteiger partial charge in [-0.25, -0.2) is 4.79 Å². The molecule has 0 spiro atoms. The first-order valence-corrected chi connectivity index (χ1v) is 3.65. The van der Waals surface area contributed by atoms with Crippen LogP contribution in [0, 0.1) is 0 Å². The molecule has 0 saturated carbocycles. The van der Waals surface area contributed by atoms with Crippen LogP contribution in [-0.2, 0) is 0 Å². The van der Waals surface area contributed by atoms with Gasteiger partial charge in [-0.15, -0.1) is 0 Å². The molecule has 0 aliphatic rings. The fraction of sp³-hybridized carbons (Fsp3) is 0.222. The van der Waals surface area contributed by atoms with Crippen LogP contribution in [-0.4, -0.2) is 25.3 Å². The van der Waals surface area contributed by atoms with Gasteiger partial charge in [-0.1, -0.05) is 6.07 Å². The van der Waals surface area contributed by atoms with E-state index >= 15 is 0 Å². The van der Waals surface area contributed by atoms with E-state index in [0.29, 0.717) is 11.5 Å². The maximum atomic E-state index is 10.8. The van der Waals surface area contributed by atoms with E-state index < -0.39 is 5.97 Å². The van der Waals surface area contributed by atoms with Crippen molar-refractivity contribution in [1.82, 2.24) is 0 Å². The number of aromatic carboxylic acids is 1. The van der Waals surface area contributed by atoms with E-state index in [-0.39, 0.29) is 25.9 Å². The fourth-order valence-corrected chi connectivity index (χ4v) is 1.06. The second-order valence-electron chi connectivity index (χ2n) is 2.34. The van der Waals surface area contributed by atoms with Crippen molar-refractivity contribution in [2.45, 2.75) is 0 Å².